The Bertz CT molecular complexity index is 180. The summed E-state index contributed by atoms with van der Waals surface area (Å²) >= 11 is 0. The van der Waals surface area contributed by atoms with E-state index in [9.17, 15) is 0 Å². The van der Waals surface area contributed by atoms with Crippen molar-refractivity contribution in [1.29, 1.82) is 0 Å². The summed E-state index contributed by atoms with van der Waals surface area (Å²) in [6.07, 6.45) is 5.31. The Kier molecular flexibility index (Phi) is 6.37. The molecule has 0 spiro atoms. The van der Waals surface area contributed by atoms with Crippen molar-refractivity contribution >= 4 is 0 Å². The van der Waals surface area contributed by atoms with Crippen LogP contribution in [0.3, 0.4) is 0 Å². The zero-order chi connectivity index (χ0) is 12.0. The lowest BCUT2D eigenvalue weighted by molar-refractivity contribution is 0.288. The molecule has 1 heterocycles. The molecule has 0 aromatic heterocycles. The third kappa shape index (κ3) is 4.42. The van der Waals surface area contributed by atoms with E-state index < -0.39 is 0 Å². The molecule has 1 N–H and O–H groups in total. The first-order valence-corrected chi connectivity index (χ1v) is 7.15. The van der Waals surface area contributed by atoms with E-state index in [1.165, 1.54) is 45.3 Å². The first-order chi connectivity index (χ1) is 7.67. The lowest BCUT2D eigenvalue weighted by Crippen LogP contribution is -2.41. The van der Waals surface area contributed by atoms with Crippen LogP contribution in [0.5, 0.6) is 0 Å². The summed E-state index contributed by atoms with van der Waals surface area (Å²) in [7, 11) is 0. The normalized spacial score (nSPS) is 25.7. The predicted molar refractivity (Wildman–Crippen MR) is 71.8 cm³/mol. The molecule has 1 fully saturated rings. The SMILES string of the molecule is CCC(NC1CCCN(CC)CC1)C(C)C. The van der Waals surface area contributed by atoms with Gasteiger partial charge in [-0.25, -0.2) is 0 Å². The van der Waals surface area contributed by atoms with Crippen molar-refractivity contribution in [3.05, 3.63) is 0 Å². The van der Waals surface area contributed by atoms with Gasteiger partial charge in [0.2, 0.25) is 0 Å². The van der Waals surface area contributed by atoms with Gasteiger partial charge < -0.3 is 10.2 Å². The van der Waals surface area contributed by atoms with E-state index in [1.54, 1.807) is 0 Å². The second kappa shape index (κ2) is 7.29. The van der Waals surface area contributed by atoms with E-state index in [1.807, 2.05) is 0 Å². The maximum absolute atomic E-state index is 3.86. The van der Waals surface area contributed by atoms with Crippen molar-refractivity contribution in [2.45, 2.75) is 65.5 Å². The van der Waals surface area contributed by atoms with Gasteiger partial charge in [-0.15, -0.1) is 0 Å². The fourth-order valence-corrected chi connectivity index (χ4v) is 2.72. The molecule has 2 nitrogen and oxygen atoms in total. The molecule has 16 heavy (non-hydrogen) atoms. The van der Waals surface area contributed by atoms with Crippen LogP contribution in [0.15, 0.2) is 0 Å². The molecule has 0 aliphatic carbocycles. The van der Waals surface area contributed by atoms with Crippen LogP contribution in [-0.4, -0.2) is 36.6 Å². The highest BCUT2D eigenvalue weighted by Crippen LogP contribution is 2.14. The molecule has 0 saturated carbocycles. The molecule has 2 atom stereocenters. The smallest absolute Gasteiger partial charge is 0.00900 e. The van der Waals surface area contributed by atoms with Crippen molar-refractivity contribution in [3.63, 3.8) is 0 Å². The summed E-state index contributed by atoms with van der Waals surface area (Å²) in [6, 6.07) is 1.46. The maximum Gasteiger partial charge on any atom is 0.00900 e. The van der Waals surface area contributed by atoms with Gasteiger partial charge in [0.15, 0.2) is 0 Å². The molecule has 0 aromatic rings. The Labute approximate surface area is 102 Å². The van der Waals surface area contributed by atoms with Gasteiger partial charge in [0.1, 0.15) is 0 Å². The first kappa shape index (κ1) is 14.0. The first-order valence-electron chi connectivity index (χ1n) is 7.15. The number of nitrogens with zero attached hydrogens (tertiary/aromatic N) is 1. The lowest BCUT2D eigenvalue weighted by atomic mass is 9.99. The second-order valence-corrected chi connectivity index (χ2v) is 5.49. The van der Waals surface area contributed by atoms with Crippen molar-refractivity contribution in [2.75, 3.05) is 19.6 Å². The number of rotatable bonds is 5. The van der Waals surface area contributed by atoms with Crippen LogP contribution in [0.4, 0.5) is 0 Å². The summed E-state index contributed by atoms with van der Waals surface area (Å²) in [5.41, 5.74) is 0. The molecule has 0 radical (unpaired) electrons. The van der Waals surface area contributed by atoms with Crippen LogP contribution < -0.4 is 5.32 Å². The average Bonchev–Trinajstić information content (AvgIpc) is 2.50. The largest absolute Gasteiger partial charge is 0.311 e. The number of hydrogen-bond acceptors (Lipinski definition) is 2. The topological polar surface area (TPSA) is 15.3 Å². The second-order valence-electron chi connectivity index (χ2n) is 5.49. The minimum absolute atomic E-state index is 0.707. The molecule has 0 aromatic carbocycles. The maximum atomic E-state index is 3.86. The lowest BCUT2D eigenvalue weighted by Gasteiger charge is -2.27. The fraction of sp³-hybridized carbons (Fsp3) is 1.00. The highest BCUT2D eigenvalue weighted by molar-refractivity contribution is 4.79. The number of hydrogen-bond donors (Lipinski definition) is 1. The van der Waals surface area contributed by atoms with Crippen molar-refractivity contribution in [3.8, 4) is 0 Å². The van der Waals surface area contributed by atoms with Crippen LogP contribution in [0.2, 0.25) is 0 Å². The Balaban J connectivity index is 2.36. The zero-order valence-electron chi connectivity index (χ0n) is 11.6. The average molecular weight is 226 g/mol. The van der Waals surface area contributed by atoms with Crippen LogP contribution in [0.1, 0.15) is 53.4 Å². The van der Waals surface area contributed by atoms with Gasteiger partial charge in [-0.2, -0.15) is 0 Å². The third-order valence-electron chi connectivity index (χ3n) is 3.96. The summed E-state index contributed by atoms with van der Waals surface area (Å²) in [5.74, 6) is 0.760. The van der Waals surface area contributed by atoms with Gasteiger partial charge in [-0.1, -0.05) is 27.7 Å². The minimum atomic E-state index is 0.707. The highest BCUT2D eigenvalue weighted by atomic mass is 15.1. The van der Waals surface area contributed by atoms with Crippen LogP contribution in [0.25, 0.3) is 0 Å². The molecule has 1 aliphatic heterocycles. The van der Waals surface area contributed by atoms with Crippen LogP contribution in [0, 0.1) is 5.92 Å². The van der Waals surface area contributed by atoms with Crippen molar-refractivity contribution in [1.82, 2.24) is 10.2 Å². The minimum Gasteiger partial charge on any atom is -0.311 e. The van der Waals surface area contributed by atoms with Gasteiger partial charge in [0.05, 0.1) is 0 Å². The van der Waals surface area contributed by atoms with E-state index in [-0.39, 0.29) is 0 Å². The molecule has 2 unspecified atom stereocenters. The Morgan fingerprint density at radius 1 is 1.19 bits per heavy atom. The molecule has 1 saturated heterocycles. The van der Waals surface area contributed by atoms with E-state index in [2.05, 4.69) is 37.9 Å². The molecule has 0 amide bonds. The molecule has 2 heteroatoms. The molecular weight excluding hydrogens is 196 g/mol. The molecule has 1 aliphatic rings. The quantitative estimate of drug-likeness (QED) is 0.775. The number of nitrogens with one attached hydrogen (secondary N) is 1. The van der Waals surface area contributed by atoms with Crippen molar-refractivity contribution < 1.29 is 0 Å². The van der Waals surface area contributed by atoms with E-state index in [0.717, 1.165) is 12.0 Å². The van der Waals surface area contributed by atoms with Gasteiger partial charge >= 0.3 is 0 Å². The zero-order valence-corrected chi connectivity index (χ0v) is 11.6. The van der Waals surface area contributed by atoms with E-state index in [0.29, 0.717) is 6.04 Å². The molecular formula is C14H30N2. The van der Waals surface area contributed by atoms with Crippen LogP contribution in [-0.2, 0) is 0 Å². The Hall–Kier alpha value is -0.0800. The van der Waals surface area contributed by atoms with E-state index >= 15 is 0 Å². The summed E-state index contributed by atoms with van der Waals surface area (Å²) in [4.78, 5) is 2.58. The highest BCUT2D eigenvalue weighted by Gasteiger charge is 2.19. The van der Waals surface area contributed by atoms with Gasteiger partial charge in [0, 0.05) is 12.1 Å². The third-order valence-corrected chi connectivity index (χ3v) is 3.96. The molecule has 96 valence electrons. The fourth-order valence-electron chi connectivity index (χ4n) is 2.72. The summed E-state index contributed by atoms with van der Waals surface area (Å²) in [6.45, 7) is 13.0. The summed E-state index contributed by atoms with van der Waals surface area (Å²) < 4.78 is 0. The van der Waals surface area contributed by atoms with E-state index in [4.69, 9.17) is 0 Å². The Morgan fingerprint density at radius 3 is 2.50 bits per heavy atom. The predicted octanol–water partition coefficient (Wildman–Crippen LogP) is 2.89. The monoisotopic (exact) mass is 226 g/mol. The standard InChI is InChI=1S/C14H30N2/c1-5-14(12(3)4)15-13-8-7-10-16(6-2)11-9-13/h12-15H,5-11H2,1-4H3. The Morgan fingerprint density at radius 2 is 1.94 bits per heavy atom. The number of likely N-dealkylation sites (tertiary alicyclic amines) is 1. The van der Waals surface area contributed by atoms with Gasteiger partial charge in [0.25, 0.3) is 0 Å². The van der Waals surface area contributed by atoms with Crippen LogP contribution >= 0.6 is 0 Å². The molecule has 0 bridgehead atoms. The molecule has 1 rings (SSSR count). The van der Waals surface area contributed by atoms with Gasteiger partial charge in [-0.05, 0) is 51.2 Å². The summed E-state index contributed by atoms with van der Waals surface area (Å²) in [5, 5.41) is 3.86. The van der Waals surface area contributed by atoms with Gasteiger partial charge in [-0.3, -0.25) is 0 Å². The van der Waals surface area contributed by atoms with Crippen molar-refractivity contribution in [2.24, 2.45) is 5.92 Å².